The first-order valence-electron chi connectivity index (χ1n) is 10.3. The van der Waals surface area contributed by atoms with Crippen LogP contribution in [-0.4, -0.2) is 19.5 Å². The molecule has 0 aliphatic carbocycles. The van der Waals surface area contributed by atoms with Gasteiger partial charge in [-0.1, -0.05) is 47.6 Å². The van der Waals surface area contributed by atoms with Gasteiger partial charge in [-0.25, -0.2) is 9.97 Å². The van der Waals surface area contributed by atoms with Gasteiger partial charge in [-0.15, -0.1) is 0 Å². The monoisotopic (exact) mass is 474 g/mol. The average molecular weight is 475 g/mol. The summed E-state index contributed by atoms with van der Waals surface area (Å²) in [5, 5.41) is 2.04. The van der Waals surface area contributed by atoms with Gasteiger partial charge in [0.15, 0.2) is 5.16 Å². The highest BCUT2D eigenvalue weighted by Crippen LogP contribution is 2.25. The van der Waals surface area contributed by atoms with Crippen molar-refractivity contribution in [2.75, 3.05) is 0 Å². The molecule has 6 nitrogen and oxygen atoms in total. The van der Waals surface area contributed by atoms with Gasteiger partial charge < -0.3 is 4.98 Å². The van der Waals surface area contributed by atoms with Crippen molar-refractivity contribution in [2.24, 2.45) is 0 Å². The Labute approximate surface area is 198 Å². The van der Waals surface area contributed by atoms with Gasteiger partial charge in [0.2, 0.25) is 0 Å². The maximum absolute atomic E-state index is 13.5. The van der Waals surface area contributed by atoms with Crippen molar-refractivity contribution in [3.8, 4) is 5.69 Å². The third-order valence-corrected chi connectivity index (χ3v) is 6.57. The van der Waals surface area contributed by atoms with Crippen molar-refractivity contribution in [2.45, 2.75) is 24.8 Å². The highest BCUT2D eigenvalue weighted by Gasteiger charge is 2.15. The topological polar surface area (TPSA) is 80.6 Å². The molecule has 5 aromatic rings. The molecule has 0 aliphatic rings. The zero-order valence-corrected chi connectivity index (χ0v) is 19.5. The number of hydrogen-bond acceptors (Lipinski definition) is 5. The van der Waals surface area contributed by atoms with E-state index < -0.39 is 0 Å². The molecule has 0 saturated heterocycles. The maximum atomic E-state index is 13.5. The summed E-state index contributed by atoms with van der Waals surface area (Å²) in [4.78, 5) is 38.3. The Morgan fingerprint density at radius 2 is 1.79 bits per heavy atom. The molecule has 1 N–H and O–H groups in total. The van der Waals surface area contributed by atoms with E-state index in [2.05, 4.69) is 9.97 Å². The lowest BCUT2D eigenvalue weighted by atomic mass is 10.1. The fourth-order valence-electron chi connectivity index (χ4n) is 3.78. The van der Waals surface area contributed by atoms with Crippen LogP contribution in [0.3, 0.4) is 0 Å². The van der Waals surface area contributed by atoms with Gasteiger partial charge in [0.05, 0.1) is 33.2 Å². The third-order valence-electron chi connectivity index (χ3n) is 5.39. The molecule has 0 radical (unpaired) electrons. The molecule has 164 valence electrons. The van der Waals surface area contributed by atoms with Crippen molar-refractivity contribution in [1.29, 1.82) is 0 Å². The highest BCUT2D eigenvalue weighted by atomic mass is 35.5. The Balaban J connectivity index is 1.64. The van der Waals surface area contributed by atoms with Crippen LogP contribution in [0.1, 0.15) is 17.0 Å². The van der Waals surface area contributed by atoms with Crippen molar-refractivity contribution in [3.63, 3.8) is 0 Å². The number of aromatic amines is 1. The number of aryl methyl sites for hydroxylation is 2. The summed E-state index contributed by atoms with van der Waals surface area (Å²) in [5.74, 6) is 0.854. The van der Waals surface area contributed by atoms with E-state index in [1.165, 1.54) is 11.8 Å². The number of hydrogen-bond donors (Lipinski definition) is 1. The van der Waals surface area contributed by atoms with Gasteiger partial charge in [0, 0.05) is 5.02 Å². The molecule has 0 amide bonds. The standard InChI is InChI=1S/C25H19ClN4O2S/c1-14-5-3-7-17(11-14)30-24(32)18-10-9-16(26)12-20(18)27-25(30)33-13-21-28-22-15(2)6-4-8-19(22)23(31)29-21/h3-12H,13H2,1-2H3,(H,28,29,31). The Morgan fingerprint density at radius 1 is 0.970 bits per heavy atom. The number of nitrogens with zero attached hydrogens (tertiary/aromatic N) is 3. The summed E-state index contributed by atoms with van der Waals surface area (Å²) in [6, 6.07) is 18.3. The molecule has 0 unspecified atom stereocenters. The zero-order valence-electron chi connectivity index (χ0n) is 17.9. The fourth-order valence-corrected chi connectivity index (χ4v) is 4.83. The van der Waals surface area contributed by atoms with E-state index in [1.54, 1.807) is 28.8 Å². The zero-order chi connectivity index (χ0) is 23.1. The van der Waals surface area contributed by atoms with Gasteiger partial charge in [0.1, 0.15) is 5.82 Å². The molecule has 2 heterocycles. The number of fused-ring (bicyclic) bond motifs is 2. The van der Waals surface area contributed by atoms with Crippen LogP contribution in [0.5, 0.6) is 0 Å². The molecule has 33 heavy (non-hydrogen) atoms. The van der Waals surface area contributed by atoms with Crippen LogP contribution in [0.25, 0.3) is 27.5 Å². The Morgan fingerprint density at radius 3 is 2.61 bits per heavy atom. The number of H-pyrrole nitrogens is 1. The van der Waals surface area contributed by atoms with E-state index in [9.17, 15) is 9.59 Å². The normalized spacial score (nSPS) is 11.4. The summed E-state index contributed by atoms with van der Waals surface area (Å²) in [7, 11) is 0. The minimum Gasteiger partial charge on any atom is -0.309 e. The molecule has 0 fully saturated rings. The van der Waals surface area contributed by atoms with Crippen LogP contribution in [0.4, 0.5) is 0 Å². The average Bonchev–Trinajstić information content (AvgIpc) is 2.78. The summed E-state index contributed by atoms with van der Waals surface area (Å²) in [5.41, 5.74) is 3.51. The maximum Gasteiger partial charge on any atom is 0.266 e. The summed E-state index contributed by atoms with van der Waals surface area (Å²) < 4.78 is 1.60. The van der Waals surface area contributed by atoms with Crippen molar-refractivity contribution >= 4 is 45.2 Å². The Bertz CT molecular complexity index is 1660. The molecular formula is C25H19ClN4O2S. The Kier molecular flexibility index (Phi) is 5.52. The second-order valence-corrected chi connectivity index (χ2v) is 9.19. The molecule has 5 rings (SSSR count). The second kappa shape index (κ2) is 8.50. The number of thioether (sulfide) groups is 1. The van der Waals surface area contributed by atoms with Gasteiger partial charge in [0.25, 0.3) is 11.1 Å². The number of benzene rings is 3. The predicted molar refractivity (Wildman–Crippen MR) is 134 cm³/mol. The van der Waals surface area contributed by atoms with Crippen LogP contribution in [0.15, 0.2) is 75.4 Å². The molecular weight excluding hydrogens is 456 g/mol. The van der Waals surface area contributed by atoms with Crippen LogP contribution in [0.2, 0.25) is 5.02 Å². The van der Waals surface area contributed by atoms with Crippen LogP contribution < -0.4 is 11.1 Å². The molecule has 0 atom stereocenters. The van der Waals surface area contributed by atoms with Gasteiger partial charge in [-0.2, -0.15) is 0 Å². The number of nitrogens with one attached hydrogen (secondary N) is 1. The van der Waals surface area contributed by atoms with E-state index >= 15 is 0 Å². The van der Waals surface area contributed by atoms with E-state index in [1.807, 2.05) is 50.2 Å². The minimum atomic E-state index is -0.186. The summed E-state index contributed by atoms with van der Waals surface area (Å²) >= 11 is 7.49. The quantitative estimate of drug-likeness (QED) is 0.286. The molecule has 2 aromatic heterocycles. The predicted octanol–water partition coefficient (Wildman–Crippen LogP) is 5.18. The molecule has 8 heteroatoms. The SMILES string of the molecule is Cc1cccc(-n2c(SCc3nc4c(C)cccc4c(=O)[nH]3)nc3cc(Cl)ccc3c2=O)c1. The van der Waals surface area contributed by atoms with Crippen molar-refractivity contribution in [3.05, 3.63) is 103 Å². The second-order valence-electron chi connectivity index (χ2n) is 7.81. The van der Waals surface area contributed by atoms with Crippen LogP contribution in [-0.2, 0) is 5.75 Å². The fraction of sp³-hybridized carbons (Fsp3) is 0.120. The third kappa shape index (κ3) is 4.05. The van der Waals surface area contributed by atoms with Gasteiger partial charge >= 0.3 is 0 Å². The number of rotatable bonds is 4. The smallest absolute Gasteiger partial charge is 0.266 e. The molecule has 0 aliphatic heterocycles. The van der Waals surface area contributed by atoms with E-state index in [-0.39, 0.29) is 11.1 Å². The van der Waals surface area contributed by atoms with Crippen molar-refractivity contribution < 1.29 is 0 Å². The first kappa shape index (κ1) is 21.4. The lowest BCUT2D eigenvalue weighted by molar-refractivity contribution is 0.817. The highest BCUT2D eigenvalue weighted by molar-refractivity contribution is 7.98. The summed E-state index contributed by atoms with van der Waals surface area (Å²) in [6.45, 7) is 3.90. The van der Waals surface area contributed by atoms with Gasteiger partial charge in [-0.3, -0.25) is 14.2 Å². The number of halogens is 1. The largest absolute Gasteiger partial charge is 0.309 e. The minimum absolute atomic E-state index is 0.180. The Hall–Kier alpha value is -3.42. The van der Waals surface area contributed by atoms with Crippen LogP contribution in [0, 0.1) is 13.8 Å². The number of aromatic nitrogens is 4. The first-order chi connectivity index (χ1) is 15.9. The molecule has 0 bridgehead atoms. The lowest BCUT2D eigenvalue weighted by Gasteiger charge is -2.14. The molecule has 3 aromatic carbocycles. The first-order valence-corrected chi connectivity index (χ1v) is 11.7. The number of para-hydroxylation sites is 1. The van der Waals surface area contributed by atoms with Gasteiger partial charge in [-0.05, 0) is 61.4 Å². The van der Waals surface area contributed by atoms with Crippen molar-refractivity contribution in [1.82, 2.24) is 19.5 Å². The lowest BCUT2D eigenvalue weighted by Crippen LogP contribution is -2.22. The molecule has 0 spiro atoms. The summed E-state index contributed by atoms with van der Waals surface area (Å²) in [6.07, 6.45) is 0. The van der Waals surface area contributed by atoms with E-state index in [4.69, 9.17) is 16.6 Å². The van der Waals surface area contributed by atoms with Crippen LogP contribution >= 0.6 is 23.4 Å². The van der Waals surface area contributed by atoms with E-state index in [0.29, 0.717) is 43.6 Å². The van der Waals surface area contributed by atoms with E-state index in [0.717, 1.165) is 16.8 Å². The molecule has 0 saturated carbocycles.